The SMILES string of the molecule is Cc1ccc(S(=O)(=O)NC2CCC(=O)N(C)CC2)cc1Cl. The van der Waals surface area contributed by atoms with Gasteiger partial charge in [-0.1, -0.05) is 17.7 Å². The molecule has 21 heavy (non-hydrogen) atoms. The van der Waals surface area contributed by atoms with Gasteiger partial charge in [-0.25, -0.2) is 13.1 Å². The van der Waals surface area contributed by atoms with Crippen LogP contribution in [0.25, 0.3) is 0 Å². The summed E-state index contributed by atoms with van der Waals surface area (Å²) in [5.41, 5.74) is 0.831. The van der Waals surface area contributed by atoms with E-state index >= 15 is 0 Å². The van der Waals surface area contributed by atoms with E-state index in [1.54, 1.807) is 18.0 Å². The van der Waals surface area contributed by atoms with Crippen molar-refractivity contribution in [2.75, 3.05) is 13.6 Å². The van der Waals surface area contributed by atoms with Crippen molar-refractivity contribution in [3.05, 3.63) is 28.8 Å². The summed E-state index contributed by atoms with van der Waals surface area (Å²) in [5, 5.41) is 0.425. The maximum absolute atomic E-state index is 12.4. The zero-order valence-corrected chi connectivity index (χ0v) is 13.7. The monoisotopic (exact) mass is 330 g/mol. The van der Waals surface area contributed by atoms with Crippen molar-refractivity contribution in [3.63, 3.8) is 0 Å². The van der Waals surface area contributed by atoms with Gasteiger partial charge in [0.25, 0.3) is 0 Å². The molecule has 0 aliphatic carbocycles. The van der Waals surface area contributed by atoms with E-state index in [0.29, 0.717) is 30.8 Å². The number of carbonyl (C=O) groups is 1. The topological polar surface area (TPSA) is 66.5 Å². The average Bonchev–Trinajstić information content (AvgIpc) is 2.57. The Balaban J connectivity index is 2.13. The second kappa shape index (κ2) is 6.34. The fourth-order valence-corrected chi connectivity index (χ4v) is 3.83. The standard InChI is InChI=1S/C14H19ClN2O3S/c1-10-3-5-12(9-13(10)15)21(19,20)16-11-4-6-14(18)17(2)8-7-11/h3,5,9,11,16H,4,6-8H2,1-2H3. The molecule has 0 aromatic heterocycles. The van der Waals surface area contributed by atoms with Crippen LogP contribution in [0.2, 0.25) is 5.02 Å². The van der Waals surface area contributed by atoms with Gasteiger partial charge in [-0.05, 0) is 37.5 Å². The summed E-state index contributed by atoms with van der Waals surface area (Å²) in [6.07, 6.45) is 1.49. The minimum Gasteiger partial charge on any atom is -0.346 e. The Bertz CT molecular complexity index is 646. The molecule has 5 nitrogen and oxygen atoms in total. The number of likely N-dealkylation sites (tertiary alicyclic amines) is 1. The zero-order valence-electron chi connectivity index (χ0n) is 12.1. The summed E-state index contributed by atoms with van der Waals surface area (Å²) >= 11 is 5.98. The number of hydrogen-bond acceptors (Lipinski definition) is 3. The molecule has 1 N–H and O–H groups in total. The molecule has 2 rings (SSSR count). The Hall–Kier alpha value is -1.11. The Kier molecular flexibility index (Phi) is 4.91. The summed E-state index contributed by atoms with van der Waals surface area (Å²) in [4.78, 5) is 13.4. The van der Waals surface area contributed by atoms with Gasteiger partial charge in [0, 0.05) is 31.1 Å². The molecular formula is C14H19ClN2O3S. The normalized spacial score (nSPS) is 20.4. The van der Waals surface area contributed by atoms with E-state index in [1.807, 2.05) is 6.92 Å². The van der Waals surface area contributed by atoms with Crippen LogP contribution < -0.4 is 4.72 Å². The lowest BCUT2D eigenvalue weighted by Gasteiger charge is -2.17. The Labute approximate surface area is 130 Å². The molecule has 1 aromatic carbocycles. The highest BCUT2D eigenvalue weighted by Crippen LogP contribution is 2.21. The van der Waals surface area contributed by atoms with Crippen molar-refractivity contribution in [1.82, 2.24) is 9.62 Å². The molecular weight excluding hydrogens is 312 g/mol. The molecule has 0 spiro atoms. The molecule has 1 saturated heterocycles. The molecule has 0 radical (unpaired) electrons. The maximum atomic E-state index is 12.4. The molecule has 0 bridgehead atoms. The lowest BCUT2D eigenvalue weighted by atomic mass is 10.1. The molecule has 1 atom stereocenters. The van der Waals surface area contributed by atoms with Gasteiger partial charge in [0.1, 0.15) is 0 Å². The van der Waals surface area contributed by atoms with Crippen LogP contribution in [-0.2, 0) is 14.8 Å². The predicted octanol–water partition coefficient (Wildman–Crippen LogP) is 1.94. The molecule has 1 unspecified atom stereocenters. The van der Waals surface area contributed by atoms with Crippen LogP contribution in [0, 0.1) is 6.92 Å². The van der Waals surface area contributed by atoms with Gasteiger partial charge in [0.15, 0.2) is 0 Å². The first-order valence-electron chi connectivity index (χ1n) is 6.82. The van der Waals surface area contributed by atoms with Crippen molar-refractivity contribution in [3.8, 4) is 0 Å². The van der Waals surface area contributed by atoms with Gasteiger partial charge >= 0.3 is 0 Å². The Morgan fingerprint density at radius 1 is 1.33 bits per heavy atom. The fourth-order valence-electron chi connectivity index (χ4n) is 2.25. The van der Waals surface area contributed by atoms with E-state index in [2.05, 4.69) is 4.72 Å². The van der Waals surface area contributed by atoms with Gasteiger partial charge < -0.3 is 4.90 Å². The molecule has 1 aromatic rings. The lowest BCUT2D eigenvalue weighted by Crippen LogP contribution is -2.35. The number of benzene rings is 1. The van der Waals surface area contributed by atoms with Crippen LogP contribution in [0.3, 0.4) is 0 Å². The van der Waals surface area contributed by atoms with Crippen LogP contribution in [0.15, 0.2) is 23.1 Å². The quantitative estimate of drug-likeness (QED) is 0.921. The van der Waals surface area contributed by atoms with Crippen LogP contribution in [0.5, 0.6) is 0 Å². The number of carbonyl (C=O) groups excluding carboxylic acids is 1. The van der Waals surface area contributed by atoms with Gasteiger partial charge in [0.2, 0.25) is 15.9 Å². The molecule has 1 heterocycles. The second-order valence-electron chi connectivity index (χ2n) is 5.37. The van der Waals surface area contributed by atoms with Crippen molar-refractivity contribution >= 4 is 27.5 Å². The number of nitrogens with one attached hydrogen (secondary N) is 1. The molecule has 1 aliphatic rings. The molecule has 1 aliphatic heterocycles. The largest absolute Gasteiger partial charge is 0.346 e. The van der Waals surface area contributed by atoms with E-state index in [4.69, 9.17) is 11.6 Å². The first-order chi connectivity index (χ1) is 9.79. The fraction of sp³-hybridized carbons (Fsp3) is 0.500. The number of sulfonamides is 1. The first kappa shape index (κ1) is 16.3. The highest BCUT2D eigenvalue weighted by Gasteiger charge is 2.25. The molecule has 116 valence electrons. The first-order valence-corrected chi connectivity index (χ1v) is 8.68. The molecule has 1 amide bonds. The van der Waals surface area contributed by atoms with Gasteiger partial charge in [0.05, 0.1) is 4.90 Å². The van der Waals surface area contributed by atoms with Crippen molar-refractivity contribution in [1.29, 1.82) is 0 Å². The molecule has 7 heteroatoms. The van der Waals surface area contributed by atoms with E-state index in [0.717, 1.165) is 5.56 Å². The number of rotatable bonds is 3. The van der Waals surface area contributed by atoms with Crippen LogP contribution in [-0.4, -0.2) is 38.9 Å². The average molecular weight is 331 g/mol. The number of nitrogens with zero attached hydrogens (tertiary/aromatic N) is 1. The van der Waals surface area contributed by atoms with E-state index in [9.17, 15) is 13.2 Å². The number of hydrogen-bond donors (Lipinski definition) is 1. The highest BCUT2D eigenvalue weighted by molar-refractivity contribution is 7.89. The maximum Gasteiger partial charge on any atom is 0.240 e. The predicted molar refractivity (Wildman–Crippen MR) is 81.8 cm³/mol. The molecule has 0 saturated carbocycles. The second-order valence-corrected chi connectivity index (χ2v) is 7.49. The third kappa shape index (κ3) is 3.96. The number of amides is 1. The van der Waals surface area contributed by atoms with Gasteiger partial charge in [-0.2, -0.15) is 0 Å². The van der Waals surface area contributed by atoms with Crippen molar-refractivity contribution in [2.24, 2.45) is 0 Å². The number of halogens is 1. The van der Waals surface area contributed by atoms with E-state index in [1.165, 1.54) is 12.1 Å². The number of aryl methyl sites for hydroxylation is 1. The summed E-state index contributed by atoms with van der Waals surface area (Å²) in [6, 6.07) is 4.44. The Morgan fingerprint density at radius 2 is 2.05 bits per heavy atom. The van der Waals surface area contributed by atoms with Crippen LogP contribution in [0.4, 0.5) is 0 Å². The van der Waals surface area contributed by atoms with Crippen molar-refractivity contribution in [2.45, 2.75) is 37.1 Å². The van der Waals surface area contributed by atoms with Crippen LogP contribution in [0.1, 0.15) is 24.8 Å². The van der Waals surface area contributed by atoms with Crippen molar-refractivity contribution < 1.29 is 13.2 Å². The summed E-state index contributed by atoms with van der Waals surface area (Å²) in [5.74, 6) is 0.0510. The van der Waals surface area contributed by atoms with Gasteiger partial charge in [-0.3, -0.25) is 4.79 Å². The zero-order chi connectivity index (χ0) is 15.6. The Morgan fingerprint density at radius 3 is 2.71 bits per heavy atom. The smallest absolute Gasteiger partial charge is 0.240 e. The highest BCUT2D eigenvalue weighted by atomic mass is 35.5. The van der Waals surface area contributed by atoms with Crippen LogP contribution >= 0.6 is 11.6 Å². The lowest BCUT2D eigenvalue weighted by molar-refractivity contribution is -0.129. The minimum atomic E-state index is -3.61. The summed E-state index contributed by atoms with van der Waals surface area (Å²) in [6.45, 7) is 2.37. The van der Waals surface area contributed by atoms with E-state index < -0.39 is 10.0 Å². The third-order valence-electron chi connectivity index (χ3n) is 3.72. The summed E-state index contributed by atoms with van der Waals surface area (Å²) < 4.78 is 27.4. The summed E-state index contributed by atoms with van der Waals surface area (Å²) in [7, 11) is -1.88. The van der Waals surface area contributed by atoms with Gasteiger partial charge in [-0.15, -0.1) is 0 Å². The third-order valence-corrected chi connectivity index (χ3v) is 5.65. The molecule has 1 fully saturated rings. The van der Waals surface area contributed by atoms with E-state index in [-0.39, 0.29) is 16.8 Å². The minimum absolute atomic E-state index is 0.0510.